The summed E-state index contributed by atoms with van der Waals surface area (Å²) in [5.41, 5.74) is 2.41. The van der Waals surface area contributed by atoms with Crippen LogP contribution >= 0.6 is 0 Å². The molecule has 5 nitrogen and oxygen atoms in total. The van der Waals surface area contributed by atoms with Gasteiger partial charge in [-0.1, -0.05) is 42.5 Å². The highest BCUT2D eigenvalue weighted by Crippen LogP contribution is 2.29. The first-order valence-electron chi connectivity index (χ1n) is 9.90. The second kappa shape index (κ2) is 8.53. The molecule has 1 N–H and O–H groups in total. The summed E-state index contributed by atoms with van der Waals surface area (Å²) in [6.45, 7) is 1.26. The molecule has 0 saturated carbocycles. The Labute approximate surface area is 171 Å². The van der Waals surface area contributed by atoms with E-state index in [1.54, 1.807) is 0 Å². The lowest BCUT2D eigenvalue weighted by Crippen LogP contribution is -2.36. The highest BCUT2D eigenvalue weighted by atomic mass is 16.5. The number of fused-ring (bicyclic) bond motifs is 2. The number of nitrogens with zero attached hydrogens (tertiary/aromatic N) is 1. The molecule has 4 rings (SSSR count). The third-order valence-corrected chi connectivity index (χ3v) is 5.31. The van der Waals surface area contributed by atoms with Crippen molar-refractivity contribution in [2.75, 3.05) is 33.9 Å². The number of likely N-dealkylation sites (N-methyl/N-ethyl adjacent to an activating group) is 1. The van der Waals surface area contributed by atoms with E-state index < -0.39 is 0 Å². The second-order valence-corrected chi connectivity index (χ2v) is 7.55. The summed E-state index contributed by atoms with van der Waals surface area (Å²) in [6.07, 6.45) is 0.940. The molecule has 29 heavy (non-hydrogen) atoms. The van der Waals surface area contributed by atoms with E-state index in [0.717, 1.165) is 29.5 Å². The first-order chi connectivity index (χ1) is 14.1. The van der Waals surface area contributed by atoms with Gasteiger partial charge in [0.2, 0.25) is 0 Å². The average molecular weight is 390 g/mol. The first kappa shape index (κ1) is 19.3. The SMILES string of the molecule is CN(C)C(CNC(=O)COc1ccc2ccccc2c1)c1ccc2c(c1)CCO2. The molecular weight excluding hydrogens is 364 g/mol. The Morgan fingerprint density at radius 2 is 1.93 bits per heavy atom. The van der Waals surface area contributed by atoms with Gasteiger partial charge in [0.1, 0.15) is 11.5 Å². The van der Waals surface area contributed by atoms with Crippen molar-refractivity contribution in [2.24, 2.45) is 0 Å². The molecule has 1 unspecified atom stereocenters. The molecule has 0 aromatic heterocycles. The van der Waals surface area contributed by atoms with Crippen LogP contribution < -0.4 is 14.8 Å². The normalized spacial score (nSPS) is 13.8. The largest absolute Gasteiger partial charge is 0.493 e. The third-order valence-electron chi connectivity index (χ3n) is 5.31. The van der Waals surface area contributed by atoms with Gasteiger partial charge in [-0.3, -0.25) is 4.79 Å². The lowest BCUT2D eigenvalue weighted by atomic mass is 10.0. The van der Waals surface area contributed by atoms with Crippen LogP contribution in [0.25, 0.3) is 10.8 Å². The minimum Gasteiger partial charge on any atom is -0.493 e. The van der Waals surface area contributed by atoms with Crippen molar-refractivity contribution in [3.63, 3.8) is 0 Å². The molecule has 150 valence electrons. The number of nitrogens with one attached hydrogen (secondary N) is 1. The van der Waals surface area contributed by atoms with Gasteiger partial charge in [-0.2, -0.15) is 0 Å². The summed E-state index contributed by atoms with van der Waals surface area (Å²) in [5, 5.41) is 5.25. The summed E-state index contributed by atoms with van der Waals surface area (Å²) in [4.78, 5) is 14.5. The van der Waals surface area contributed by atoms with E-state index >= 15 is 0 Å². The van der Waals surface area contributed by atoms with Crippen molar-refractivity contribution < 1.29 is 14.3 Å². The van der Waals surface area contributed by atoms with Gasteiger partial charge >= 0.3 is 0 Å². The molecule has 0 bridgehead atoms. The number of carbonyl (C=O) groups is 1. The molecule has 1 atom stereocenters. The van der Waals surface area contributed by atoms with Crippen molar-refractivity contribution >= 4 is 16.7 Å². The molecule has 1 amide bonds. The Morgan fingerprint density at radius 1 is 1.10 bits per heavy atom. The molecule has 3 aromatic rings. The molecule has 1 heterocycles. The molecule has 0 saturated heterocycles. The lowest BCUT2D eigenvalue weighted by Gasteiger charge is -2.25. The van der Waals surface area contributed by atoms with Gasteiger partial charge in [0.15, 0.2) is 6.61 Å². The maximum Gasteiger partial charge on any atom is 0.258 e. The number of benzene rings is 3. The summed E-state index contributed by atoms with van der Waals surface area (Å²) >= 11 is 0. The number of amides is 1. The number of rotatable bonds is 7. The fourth-order valence-electron chi connectivity index (χ4n) is 3.68. The van der Waals surface area contributed by atoms with E-state index in [2.05, 4.69) is 28.4 Å². The van der Waals surface area contributed by atoms with Crippen molar-refractivity contribution in [3.05, 3.63) is 71.8 Å². The topological polar surface area (TPSA) is 50.8 Å². The zero-order chi connectivity index (χ0) is 20.2. The van der Waals surface area contributed by atoms with Crippen LogP contribution in [0.2, 0.25) is 0 Å². The summed E-state index contributed by atoms with van der Waals surface area (Å²) in [6, 6.07) is 20.3. The van der Waals surface area contributed by atoms with E-state index in [4.69, 9.17) is 9.47 Å². The second-order valence-electron chi connectivity index (χ2n) is 7.55. The first-order valence-corrected chi connectivity index (χ1v) is 9.90. The Kier molecular flexibility index (Phi) is 5.67. The van der Waals surface area contributed by atoms with Gasteiger partial charge in [0.25, 0.3) is 5.91 Å². The maximum atomic E-state index is 12.4. The predicted octanol–water partition coefficient (Wildman–Crippen LogP) is 3.57. The smallest absolute Gasteiger partial charge is 0.258 e. The van der Waals surface area contributed by atoms with Crippen LogP contribution in [0.3, 0.4) is 0 Å². The van der Waals surface area contributed by atoms with Crippen molar-refractivity contribution in [2.45, 2.75) is 12.5 Å². The molecule has 0 radical (unpaired) electrons. The maximum absolute atomic E-state index is 12.4. The molecule has 3 aromatic carbocycles. The van der Waals surface area contributed by atoms with Gasteiger partial charge in [0.05, 0.1) is 12.6 Å². The van der Waals surface area contributed by atoms with Crippen LogP contribution in [0.15, 0.2) is 60.7 Å². The fraction of sp³-hybridized carbons (Fsp3) is 0.292. The minimum atomic E-state index is -0.130. The highest BCUT2D eigenvalue weighted by molar-refractivity contribution is 5.84. The molecule has 0 spiro atoms. The molecule has 1 aliphatic heterocycles. The Bertz CT molecular complexity index is 1020. The van der Waals surface area contributed by atoms with Crippen LogP contribution in [0, 0.1) is 0 Å². The summed E-state index contributed by atoms with van der Waals surface area (Å²) in [5.74, 6) is 1.54. The minimum absolute atomic E-state index is 0.00346. The van der Waals surface area contributed by atoms with Gasteiger partial charge < -0.3 is 19.7 Å². The van der Waals surface area contributed by atoms with Crippen molar-refractivity contribution in [3.8, 4) is 11.5 Å². The van der Waals surface area contributed by atoms with E-state index in [9.17, 15) is 4.79 Å². The van der Waals surface area contributed by atoms with Crippen molar-refractivity contribution in [1.82, 2.24) is 10.2 Å². The van der Waals surface area contributed by atoms with Crippen LogP contribution in [0.4, 0.5) is 0 Å². The van der Waals surface area contributed by atoms with E-state index in [1.807, 2.05) is 56.6 Å². The summed E-state index contributed by atoms with van der Waals surface area (Å²) in [7, 11) is 4.04. The van der Waals surface area contributed by atoms with Crippen LogP contribution in [-0.4, -0.2) is 44.7 Å². The number of ether oxygens (including phenoxy) is 2. The Hall–Kier alpha value is -3.05. The average Bonchev–Trinajstić information content (AvgIpc) is 3.20. The van der Waals surface area contributed by atoms with Crippen molar-refractivity contribution in [1.29, 1.82) is 0 Å². The number of carbonyl (C=O) groups excluding carboxylic acids is 1. The van der Waals surface area contributed by atoms with Gasteiger partial charge in [-0.05, 0) is 54.2 Å². The standard InChI is InChI=1S/C24H26N2O3/c1-26(2)22(19-8-10-23-20(13-19)11-12-28-23)15-25-24(27)16-29-21-9-7-17-5-3-4-6-18(17)14-21/h3-10,13-14,22H,11-12,15-16H2,1-2H3,(H,25,27). The molecule has 1 aliphatic rings. The van der Waals surface area contributed by atoms with Crippen LogP contribution in [0.5, 0.6) is 11.5 Å². The number of hydrogen-bond acceptors (Lipinski definition) is 4. The quantitative estimate of drug-likeness (QED) is 0.670. The summed E-state index contributed by atoms with van der Waals surface area (Å²) < 4.78 is 11.3. The van der Waals surface area contributed by atoms with E-state index in [0.29, 0.717) is 12.3 Å². The molecular formula is C24H26N2O3. The van der Waals surface area contributed by atoms with Crippen LogP contribution in [0.1, 0.15) is 17.2 Å². The zero-order valence-corrected chi connectivity index (χ0v) is 16.9. The highest BCUT2D eigenvalue weighted by Gasteiger charge is 2.19. The van der Waals surface area contributed by atoms with E-state index in [1.165, 1.54) is 11.1 Å². The van der Waals surface area contributed by atoms with Gasteiger partial charge in [0, 0.05) is 13.0 Å². The zero-order valence-electron chi connectivity index (χ0n) is 16.9. The third kappa shape index (κ3) is 4.51. The number of hydrogen-bond donors (Lipinski definition) is 1. The lowest BCUT2D eigenvalue weighted by molar-refractivity contribution is -0.123. The van der Waals surface area contributed by atoms with Crippen LogP contribution in [-0.2, 0) is 11.2 Å². The van der Waals surface area contributed by atoms with E-state index in [-0.39, 0.29) is 18.6 Å². The molecule has 0 aliphatic carbocycles. The molecule has 0 fully saturated rings. The fourth-order valence-corrected chi connectivity index (χ4v) is 3.68. The Morgan fingerprint density at radius 3 is 2.76 bits per heavy atom. The van der Waals surface area contributed by atoms with Gasteiger partial charge in [-0.15, -0.1) is 0 Å². The van der Waals surface area contributed by atoms with Gasteiger partial charge in [-0.25, -0.2) is 0 Å². The Balaban J connectivity index is 1.34. The monoisotopic (exact) mass is 390 g/mol. The molecule has 5 heteroatoms. The predicted molar refractivity (Wildman–Crippen MR) is 115 cm³/mol.